The number of hydrogen-bond acceptors (Lipinski definition) is 4. The molecule has 1 heterocycles. The second-order valence-electron chi connectivity index (χ2n) is 6.33. The molecule has 0 spiro atoms. The van der Waals surface area contributed by atoms with Crippen LogP contribution in [-0.2, 0) is 0 Å². The number of carbonyl (C=O) groups is 1. The van der Waals surface area contributed by atoms with Crippen molar-refractivity contribution in [1.82, 2.24) is 4.98 Å². The van der Waals surface area contributed by atoms with E-state index in [2.05, 4.69) is 13.8 Å². The van der Waals surface area contributed by atoms with Crippen LogP contribution in [0, 0.1) is 0 Å². The largest absolute Gasteiger partial charge is 0.496 e. The fourth-order valence-corrected chi connectivity index (χ4v) is 4.09. The van der Waals surface area contributed by atoms with Crippen molar-refractivity contribution < 1.29 is 14.4 Å². The zero-order chi connectivity index (χ0) is 19.2. The van der Waals surface area contributed by atoms with E-state index in [1.807, 2.05) is 48.5 Å². The predicted molar refractivity (Wildman–Crippen MR) is 111 cm³/mol. The number of amides is 1. The Kier molecular flexibility index (Phi) is 6.42. The van der Waals surface area contributed by atoms with Crippen LogP contribution in [0.25, 0.3) is 10.2 Å². The predicted octanol–water partition coefficient (Wildman–Crippen LogP) is 2.88. The van der Waals surface area contributed by atoms with Crippen molar-refractivity contribution in [2.45, 2.75) is 13.8 Å². The number of rotatable bonds is 8. The van der Waals surface area contributed by atoms with E-state index in [0.29, 0.717) is 17.9 Å². The van der Waals surface area contributed by atoms with Gasteiger partial charge in [0.2, 0.25) is 0 Å². The summed E-state index contributed by atoms with van der Waals surface area (Å²) >= 11 is 1.55. The molecule has 0 bridgehead atoms. The Morgan fingerprint density at radius 2 is 1.81 bits per heavy atom. The van der Waals surface area contributed by atoms with Gasteiger partial charge in [-0.15, -0.1) is 0 Å². The summed E-state index contributed by atoms with van der Waals surface area (Å²) in [5.74, 6) is 0.516. The van der Waals surface area contributed by atoms with Crippen LogP contribution in [0.4, 0.5) is 5.13 Å². The van der Waals surface area contributed by atoms with Gasteiger partial charge in [-0.2, -0.15) is 0 Å². The maximum absolute atomic E-state index is 13.4. The van der Waals surface area contributed by atoms with Crippen molar-refractivity contribution in [2.75, 3.05) is 38.2 Å². The van der Waals surface area contributed by atoms with Crippen molar-refractivity contribution >= 4 is 32.6 Å². The van der Waals surface area contributed by atoms with Crippen LogP contribution in [-0.4, -0.2) is 44.2 Å². The molecule has 0 aliphatic rings. The molecule has 5 nitrogen and oxygen atoms in total. The molecular formula is C21H26N3O2S+. The Bertz CT molecular complexity index is 872. The quantitative estimate of drug-likeness (QED) is 0.650. The first-order valence-electron chi connectivity index (χ1n) is 9.31. The van der Waals surface area contributed by atoms with Gasteiger partial charge in [0.15, 0.2) is 5.13 Å². The van der Waals surface area contributed by atoms with Crippen molar-refractivity contribution in [1.29, 1.82) is 0 Å². The topological polar surface area (TPSA) is 46.9 Å². The van der Waals surface area contributed by atoms with Gasteiger partial charge >= 0.3 is 0 Å². The first-order valence-corrected chi connectivity index (χ1v) is 10.1. The Morgan fingerprint density at radius 1 is 1.11 bits per heavy atom. The minimum Gasteiger partial charge on any atom is -0.496 e. The highest BCUT2D eigenvalue weighted by Crippen LogP contribution is 2.30. The minimum absolute atomic E-state index is 0.0712. The van der Waals surface area contributed by atoms with E-state index in [-0.39, 0.29) is 5.91 Å². The molecule has 0 saturated heterocycles. The van der Waals surface area contributed by atoms with E-state index in [4.69, 9.17) is 9.72 Å². The average Bonchev–Trinajstić information content (AvgIpc) is 3.14. The van der Waals surface area contributed by atoms with Gasteiger partial charge in [-0.1, -0.05) is 35.6 Å². The van der Waals surface area contributed by atoms with Crippen LogP contribution in [0.2, 0.25) is 0 Å². The molecule has 0 fully saturated rings. The molecule has 0 saturated carbocycles. The molecule has 2 aromatic carbocycles. The van der Waals surface area contributed by atoms with Crippen LogP contribution < -0.4 is 14.5 Å². The zero-order valence-electron chi connectivity index (χ0n) is 16.1. The van der Waals surface area contributed by atoms with Crippen LogP contribution in [0.5, 0.6) is 5.75 Å². The number of nitrogens with zero attached hydrogens (tertiary/aromatic N) is 2. The number of aromatic nitrogens is 1. The second-order valence-corrected chi connectivity index (χ2v) is 7.34. The van der Waals surface area contributed by atoms with Gasteiger partial charge in [0.1, 0.15) is 5.75 Å². The summed E-state index contributed by atoms with van der Waals surface area (Å²) in [4.78, 5) is 21.4. The second kappa shape index (κ2) is 8.97. The lowest BCUT2D eigenvalue weighted by Crippen LogP contribution is -3.12. The van der Waals surface area contributed by atoms with Gasteiger partial charge in [0, 0.05) is 0 Å². The fourth-order valence-electron chi connectivity index (χ4n) is 3.10. The number of methoxy groups -OCH3 is 1. The molecule has 0 atom stereocenters. The van der Waals surface area contributed by atoms with Crippen molar-refractivity contribution in [3.8, 4) is 5.75 Å². The first kappa shape index (κ1) is 19.3. The van der Waals surface area contributed by atoms with E-state index in [0.717, 1.165) is 35.0 Å². The minimum atomic E-state index is -0.0712. The van der Waals surface area contributed by atoms with E-state index in [1.54, 1.807) is 23.3 Å². The smallest absolute Gasteiger partial charge is 0.264 e. The van der Waals surface area contributed by atoms with E-state index >= 15 is 0 Å². The van der Waals surface area contributed by atoms with Gasteiger partial charge in [-0.05, 0) is 38.1 Å². The number of carbonyl (C=O) groups excluding carboxylic acids is 1. The summed E-state index contributed by atoms with van der Waals surface area (Å²) in [6, 6.07) is 15.4. The van der Waals surface area contributed by atoms with Gasteiger partial charge in [-0.3, -0.25) is 9.69 Å². The number of nitrogens with one attached hydrogen (secondary N) is 1. The molecule has 0 unspecified atom stereocenters. The number of anilines is 1. The lowest BCUT2D eigenvalue weighted by atomic mass is 10.1. The number of hydrogen-bond donors (Lipinski definition) is 1. The number of quaternary nitrogens is 1. The molecule has 6 heteroatoms. The molecule has 0 radical (unpaired) electrons. The number of fused-ring (bicyclic) bond motifs is 1. The van der Waals surface area contributed by atoms with Crippen LogP contribution in [0.3, 0.4) is 0 Å². The summed E-state index contributed by atoms with van der Waals surface area (Å²) in [6.07, 6.45) is 0. The van der Waals surface area contributed by atoms with Gasteiger partial charge < -0.3 is 9.64 Å². The van der Waals surface area contributed by atoms with Crippen LogP contribution >= 0.6 is 11.3 Å². The summed E-state index contributed by atoms with van der Waals surface area (Å²) in [6.45, 7) is 7.91. The number of likely N-dealkylation sites (N-methyl/N-ethyl adjacent to an activating group) is 1. The maximum Gasteiger partial charge on any atom is 0.264 e. The molecule has 27 heavy (non-hydrogen) atoms. The molecule has 1 amide bonds. The third-order valence-corrected chi connectivity index (χ3v) is 5.84. The van der Waals surface area contributed by atoms with Gasteiger partial charge in [0.05, 0.1) is 49.1 Å². The molecular weight excluding hydrogens is 358 g/mol. The average molecular weight is 385 g/mol. The molecule has 0 aliphatic heterocycles. The van der Waals surface area contributed by atoms with E-state index < -0.39 is 0 Å². The highest BCUT2D eigenvalue weighted by molar-refractivity contribution is 7.22. The van der Waals surface area contributed by atoms with Crippen molar-refractivity contribution in [3.63, 3.8) is 0 Å². The van der Waals surface area contributed by atoms with E-state index in [9.17, 15) is 4.79 Å². The van der Waals surface area contributed by atoms with Crippen molar-refractivity contribution in [3.05, 3.63) is 54.1 Å². The van der Waals surface area contributed by atoms with Gasteiger partial charge in [-0.25, -0.2) is 4.98 Å². The number of para-hydroxylation sites is 2. The number of ether oxygens (including phenoxy) is 1. The van der Waals surface area contributed by atoms with Crippen LogP contribution in [0.15, 0.2) is 48.5 Å². The lowest BCUT2D eigenvalue weighted by molar-refractivity contribution is -0.894. The molecule has 1 N–H and O–H groups in total. The Balaban J connectivity index is 1.97. The number of benzene rings is 2. The van der Waals surface area contributed by atoms with E-state index in [1.165, 1.54) is 4.90 Å². The highest BCUT2D eigenvalue weighted by Gasteiger charge is 2.24. The summed E-state index contributed by atoms with van der Waals surface area (Å²) < 4.78 is 6.49. The standard InChI is InChI=1S/C21H25N3O2S/c1-4-23(5-2)14-15-24(20(25)16-10-6-8-12-18(16)26-3)21-22-17-11-7-9-13-19(17)27-21/h6-13H,4-5,14-15H2,1-3H3/p+1. The SMILES string of the molecule is CC[NH+](CC)CCN(C(=O)c1ccccc1OC)c1nc2ccccc2s1. The Labute approximate surface area is 164 Å². The zero-order valence-corrected chi connectivity index (χ0v) is 16.9. The van der Waals surface area contributed by atoms with Crippen LogP contribution in [0.1, 0.15) is 24.2 Å². The molecule has 3 rings (SSSR count). The Morgan fingerprint density at radius 3 is 2.52 bits per heavy atom. The Hall–Kier alpha value is -2.44. The maximum atomic E-state index is 13.4. The summed E-state index contributed by atoms with van der Waals surface area (Å²) in [5, 5.41) is 0.735. The highest BCUT2D eigenvalue weighted by atomic mass is 32.1. The lowest BCUT2D eigenvalue weighted by Gasteiger charge is -2.23. The summed E-state index contributed by atoms with van der Waals surface area (Å²) in [7, 11) is 1.59. The molecule has 3 aromatic rings. The molecule has 142 valence electrons. The third-order valence-electron chi connectivity index (χ3n) is 4.78. The molecule has 0 aliphatic carbocycles. The summed E-state index contributed by atoms with van der Waals surface area (Å²) in [5.41, 5.74) is 1.49. The monoisotopic (exact) mass is 384 g/mol. The molecule has 1 aromatic heterocycles. The number of thiazole rings is 1. The van der Waals surface area contributed by atoms with Crippen molar-refractivity contribution in [2.24, 2.45) is 0 Å². The fraction of sp³-hybridized carbons (Fsp3) is 0.333. The first-order chi connectivity index (χ1) is 13.2. The normalized spacial score (nSPS) is 11.1. The van der Waals surface area contributed by atoms with Gasteiger partial charge in [0.25, 0.3) is 5.91 Å². The third kappa shape index (κ3) is 4.28.